The van der Waals surface area contributed by atoms with Crippen molar-refractivity contribution in [2.75, 3.05) is 18.5 Å². The molecule has 0 aliphatic carbocycles. The maximum absolute atomic E-state index is 5.79. The maximum atomic E-state index is 5.79. The van der Waals surface area contributed by atoms with Crippen LogP contribution in [0.4, 0.5) is 5.69 Å². The van der Waals surface area contributed by atoms with E-state index in [4.69, 9.17) is 5.73 Å². The Kier molecular flexibility index (Phi) is 4.81. The molecule has 90 valence electrons. The standard InChI is InChI=1S/C14H24N2/c1-11(2)7-8-16(4)14-6-5-12(3)9-13(14)10-15/h5-6,9,11H,7-8,10,15H2,1-4H3. The number of benzene rings is 1. The zero-order valence-corrected chi connectivity index (χ0v) is 11.0. The highest BCUT2D eigenvalue weighted by Gasteiger charge is 2.07. The van der Waals surface area contributed by atoms with Crippen LogP contribution < -0.4 is 10.6 Å². The molecule has 0 heterocycles. The van der Waals surface area contributed by atoms with Gasteiger partial charge in [0, 0.05) is 25.8 Å². The average molecular weight is 220 g/mol. The molecule has 1 aromatic rings. The molecule has 0 bridgehead atoms. The summed E-state index contributed by atoms with van der Waals surface area (Å²) in [6.07, 6.45) is 1.22. The fourth-order valence-corrected chi connectivity index (χ4v) is 1.82. The summed E-state index contributed by atoms with van der Waals surface area (Å²) in [5, 5.41) is 0. The minimum absolute atomic E-state index is 0.614. The van der Waals surface area contributed by atoms with E-state index in [0.717, 1.165) is 12.5 Å². The van der Waals surface area contributed by atoms with Gasteiger partial charge in [-0.05, 0) is 30.9 Å². The van der Waals surface area contributed by atoms with E-state index in [0.29, 0.717) is 6.54 Å². The molecule has 0 radical (unpaired) electrons. The number of aryl methyl sites for hydroxylation is 1. The summed E-state index contributed by atoms with van der Waals surface area (Å²) in [4.78, 5) is 2.31. The van der Waals surface area contributed by atoms with Crippen molar-refractivity contribution < 1.29 is 0 Å². The quantitative estimate of drug-likeness (QED) is 0.826. The number of rotatable bonds is 5. The predicted molar refractivity (Wildman–Crippen MR) is 71.8 cm³/mol. The van der Waals surface area contributed by atoms with Gasteiger partial charge >= 0.3 is 0 Å². The topological polar surface area (TPSA) is 29.3 Å². The van der Waals surface area contributed by atoms with Crippen LogP contribution in [0.25, 0.3) is 0 Å². The van der Waals surface area contributed by atoms with Crippen LogP contribution in [-0.4, -0.2) is 13.6 Å². The maximum Gasteiger partial charge on any atom is 0.0409 e. The predicted octanol–water partition coefficient (Wildman–Crippen LogP) is 2.94. The molecule has 0 saturated heterocycles. The van der Waals surface area contributed by atoms with Crippen LogP contribution in [0.2, 0.25) is 0 Å². The molecule has 1 aromatic carbocycles. The lowest BCUT2D eigenvalue weighted by Gasteiger charge is -2.23. The van der Waals surface area contributed by atoms with Gasteiger partial charge in [-0.2, -0.15) is 0 Å². The molecule has 0 aromatic heterocycles. The zero-order chi connectivity index (χ0) is 12.1. The first-order valence-corrected chi connectivity index (χ1v) is 6.05. The third kappa shape index (κ3) is 3.53. The number of hydrogen-bond acceptors (Lipinski definition) is 2. The van der Waals surface area contributed by atoms with Gasteiger partial charge in [0.2, 0.25) is 0 Å². The largest absolute Gasteiger partial charge is 0.374 e. The minimum atomic E-state index is 0.614. The molecule has 0 atom stereocenters. The van der Waals surface area contributed by atoms with Crippen LogP contribution in [0.15, 0.2) is 18.2 Å². The van der Waals surface area contributed by atoms with Gasteiger partial charge in [0.25, 0.3) is 0 Å². The van der Waals surface area contributed by atoms with Crippen molar-refractivity contribution in [3.05, 3.63) is 29.3 Å². The van der Waals surface area contributed by atoms with E-state index in [1.165, 1.54) is 23.2 Å². The van der Waals surface area contributed by atoms with Crippen molar-refractivity contribution >= 4 is 5.69 Å². The fourth-order valence-electron chi connectivity index (χ4n) is 1.82. The van der Waals surface area contributed by atoms with Gasteiger partial charge < -0.3 is 10.6 Å². The molecule has 2 heteroatoms. The van der Waals surface area contributed by atoms with Crippen molar-refractivity contribution in [3.63, 3.8) is 0 Å². The van der Waals surface area contributed by atoms with Crippen LogP contribution in [-0.2, 0) is 6.54 Å². The molecular formula is C14H24N2. The fraction of sp³-hybridized carbons (Fsp3) is 0.571. The molecule has 0 aliphatic heterocycles. The second kappa shape index (κ2) is 5.90. The van der Waals surface area contributed by atoms with Crippen molar-refractivity contribution in [2.45, 2.75) is 33.7 Å². The Labute approximate surface area is 99.5 Å². The molecule has 0 fully saturated rings. The van der Waals surface area contributed by atoms with Crippen molar-refractivity contribution in [1.82, 2.24) is 0 Å². The smallest absolute Gasteiger partial charge is 0.0409 e. The van der Waals surface area contributed by atoms with E-state index in [-0.39, 0.29) is 0 Å². The Balaban J connectivity index is 2.77. The average Bonchev–Trinajstić information content (AvgIpc) is 2.25. The van der Waals surface area contributed by atoms with Crippen molar-refractivity contribution in [2.24, 2.45) is 11.7 Å². The molecule has 2 N–H and O–H groups in total. The van der Waals surface area contributed by atoms with Crippen LogP contribution >= 0.6 is 0 Å². The molecule has 0 amide bonds. The highest BCUT2D eigenvalue weighted by Crippen LogP contribution is 2.21. The molecule has 16 heavy (non-hydrogen) atoms. The number of hydrogen-bond donors (Lipinski definition) is 1. The minimum Gasteiger partial charge on any atom is -0.374 e. The van der Waals surface area contributed by atoms with Gasteiger partial charge in [0.05, 0.1) is 0 Å². The number of anilines is 1. The summed E-state index contributed by atoms with van der Waals surface area (Å²) in [5.74, 6) is 0.745. The Hall–Kier alpha value is -1.02. The Morgan fingerprint density at radius 3 is 2.56 bits per heavy atom. The summed E-state index contributed by atoms with van der Waals surface area (Å²) in [6, 6.07) is 6.51. The van der Waals surface area contributed by atoms with Crippen molar-refractivity contribution in [1.29, 1.82) is 0 Å². The molecule has 0 unspecified atom stereocenters. The zero-order valence-electron chi connectivity index (χ0n) is 11.0. The molecule has 2 nitrogen and oxygen atoms in total. The van der Waals surface area contributed by atoms with Gasteiger partial charge in [-0.15, -0.1) is 0 Å². The van der Waals surface area contributed by atoms with Gasteiger partial charge in [-0.25, -0.2) is 0 Å². The van der Waals surface area contributed by atoms with E-state index in [2.05, 4.69) is 50.9 Å². The van der Waals surface area contributed by atoms with E-state index < -0.39 is 0 Å². The Morgan fingerprint density at radius 1 is 1.31 bits per heavy atom. The van der Waals surface area contributed by atoms with Gasteiger partial charge in [-0.3, -0.25) is 0 Å². The first-order valence-electron chi connectivity index (χ1n) is 6.05. The van der Waals surface area contributed by atoms with Crippen LogP contribution in [0.5, 0.6) is 0 Å². The normalized spacial score (nSPS) is 10.9. The highest BCUT2D eigenvalue weighted by molar-refractivity contribution is 5.54. The van der Waals surface area contributed by atoms with E-state index in [1.54, 1.807) is 0 Å². The third-order valence-electron chi connectivity index (χ3n) is 2.91. The molecule has 0 saturated carbocycles. The Morgan fingerprint density at radius 2 is 2.00 bits per heavy atom. The summed E-state index contributed by atoms with van der Waals surface area (Å²) in [7, 11) is 2.15. The van der Waals surface area contributed by atoms with Crippen LogP contribution in [0.3, 0.4) is 0 Å². The lowest BCUT2D eigenvalue weighted by Crippen LogP contribution is -2.21. The van der Waals surface area contributed by atoms with Crippen LogP contribution in [0, 0.1) is 12.8 Å². The van der Waals surface area contributed by atoms with Gasteiger partial charge in [-0.1, -0.05) is 31.5 Å². The highest BCUT2D eigenvalue weighted by atomic mass is 15.1. The molecule has 0 aliphatic rings. The molecular weight excluding hydrogens is 196 g/mol. The van der Waals surface area contributed by atoms with Gasteiger partial charge in [0.15, 0.2) is 0 Å². The second-order valence-corrected chi connectivity index (χ2v) is 4.94. The monoisotopic (exact) mass is 220 g/mol. The van der Waals surface area contributed by atoms with E-state index in [1.807, 2.05) is 0 Å². The van der Waals surface area contributed by atoms with E-state index >= 15 is 0 Å². The summed E-state index contributed by atoms with van der Waals surface area (Å²) in [5.41, 5.74) is 9.58. The second-order valence-electron chi connectivity index (χ2n) is 4.94. The summed E-state index contributed by atoms with van der Waals surface area (Å²) in [6.45, 7) is 8.33. The van der Waals surface area contributed by atoms with Crippen LogP contribution in [0.1, 0.15) is 31.4 Å². The summed E-state index contributed by atoms with van der Waals surface area (Å²) >= 11 is 0. The first kappa shape index (κ1) is 13.0. The van der Waals surface area contributed by atoms with Gasteiger partial charge in [0.1, 0.15) is 0 Å². The Bertz CT molecular complexity index is 332. The molecule has 1 rings (SSSR count). The number of nitrogens with zero attached hydrogens (tertiary/aromatic N) is 1. The summed E-state index contributed by atoms with van der Waals surface area (Å²) < 4.78 is 0. The first-order chi connectivity index (χ1) is 7.54. The van der Waals surface area contributed by atoms with Crippen molar-refractivity contribution in [3.8, 4) is 0 Å². The lowest BCUT2D eigenvalue weighted by molar-refractivity contribution is 0.584. The number of nitrogens with two attached hydrogens (primary N) is 1. The van der Waals surface area contributed by atoms with E-state index in [9.17, 15) is 0 Å². The SMILES string of the molecule is Cc1ccc(N(C)CCC(C)C)c(CN)c1. The third-order valence-corrected chi connectivity index (χ3v) is 2.91. The molecule has 0 spiro atoms. The lowest BCUT2D eigenvalue weighted by atomic mass is 10.1.